The van der Waals surface area contributed by atoms with Crippen molar-refractivity contribution in [3.63, 3.8) is 0 Å². The highest BCUT2D eigenvalue weighted by Crippen LogP contribution is 2.29. The van der Waals surface area contributed by atoms with Gasteiger partial charge in [0.2, 0.25) is 0 Å². The number of para-hydroxylation sites is 1. The largest absolute Gasteiger partial charge is 0.504 e. The van der Waals surface area contributed by atoms with Crippen LogP contribution in [0, 0.1) is 0 Å². The van der Waals surface area contributed by atoms with Crippen LogP contribution in [-0.4, -0.2) is 47.6 Å². The zero-order valence-corrected chi connectivity index (χ0v) is 14.9. The molecule has 3 N–H and O–H groups in total. The first-order chi connectivity index (χ1) is 12.2. The smallest absolute Gasteiger partial charge is 0.191 e. The first-order valence-electron chi connectivity index (χ1n) is 8.59. The maximum absolute atomic E-state index is 10.1. The molecule has 2 rings (SSSR count). The topological polar surface area (TPSA) is 83.7 Å². The molecule has 0 spiro atoms. The quantitative estimate of drug-likeness (QED) is 0.367. The number of guanidine groups is 1. The van der Waals surface area contributed by atoms with Gasteiger partial charge in [0.05, 0.1) is 7.11 Å². The molecular weight excluding hydrogens is 318 g/mol. The number of aliphatic imine (C=N–C) groups is 1. The molecule has 0 saturated carbocycles. The SMILES string of the molecule is CCNC(=NCCCn1cccn1)NCCc1cccc(OC)c1O. The van der Waals surface area contributed by atoms with Gasteiger partial charge in [-0.25, -0.2) is 0 Å². The first-order valence-corrected chi connectivity index (χ1v) is 8.59. The summed E-state index contributed by atoms with van der Waals surface area (Å²) in [7, 11) is 1.55. The maximum atomic E-state index is 10.1. The molecule has 0 radical (unpaired) electrons. The summed E-state index contributed by atoms with van der Waals surface area (Å²) in [5, 5.41) is 20.8. The number of hydrogen-bond acceptors (Lipinski definition) is 4. The average Bonchev–Trinajstić information content (AvgIpc) is 3.13. The molecule has 136 valence electrons. The monoisotopic (exact) mass is 345 g/mol. The Labute approximate surface area is 148 Å². The lowest BCUT2D eigenvalue weighted by molar-refractivity contribution is 0.370. The van der Waals surface area contributed by atoms with Crippen LogP contribution in [0.4, 0.5) is 0 Å². The molecule has 0 amide bonds. The van der Waals surface area contributed by atoms with Gasteiger partial charge in [0.1, 0.15) is 0 Å². The van der Waals surface area contributed by atoms with Gasteiger partial charge in [0.15, 0.2) is 17.5 Å². The van der Waals surface area contributed by atoms with E-state index in [1.54, 1.807) is 19.4 Å². The Morgan fingerprint density at radius 3 is 2.92 bits per heavy atom. The fourth-order valence-corrected chi connectivity index (χ4v) is 2.45. The number of methoxy groups -OCH3 is 1. The van der Waals surface area contributed by atoms with E-state index < -0.39 is 0 Å². The molecule has 0 aliphatic carbocycles. The van der Waals surface area contributed by atoms with Gasteiger partial charge in [0.25, 0.3) is 0 Å². The van der Waals surface area contributed by atoms with E-state index >= 15 is 0 Å². The fourth-order valence-electron chi connectivity index (χ4n) is 2.45. The molecule has 0 atom stereocenters. The average molecular weight is 345 g/mol. The molecule has 1 aromatic carbocycles. The van der Waals surface area contributed by atoms with E-state index in [9.17, 15) is 5.11 Å². The molecule has 0 unspecified atom stereocenters. The van der Waals surface area contributed by atoms with E-state index in [0.29, 0.717) is 18.7 Å². The number of nitrogens with zero attached hydrogens (tertiary/aromatic N) is 3. The second kappa shape index (κ2) is 10.2. The lowest BCUT2D eigenvalue weighted by Gasteiger charge is -2.12. The Morgan fingerprint density at radius 1 is 1.32 bits per heavy atom. The third-order valence-corrected chi connectivity index (χ3v) is 3.71. The minimum Gasteiger partial charge on any atom is -0.504 e. The molecule has 0 bridgehead atoms. The summed E-state index contributed by atoms with van der Waals surface area (Å²) in [5.41, 5.74) is 0.849. The second-order valence-corrected chi connectivity index (χ2v) is 5.53. The zero-order valence-electron chi connectivity index (χ0n) is 14.9. The van der Waals surface area contributed by atoms with Crippen molar-refractivity contribution in [1.29, 1.82) is 0 Å². The number of aryl methyl sites for hydroxylation is 1. The third kappa shape index (κ3) is 6.02. The number of aromatic hydroxyl groups is 1. The fraction of sp³-hybridized carbons (Fsp3) is 0.444. The summed E-state index contributed by atoms with van der Waals surface area (Å²) in [6.45, 7) is 5.09. The van der Waals surface area contributed by atoms with Gasteiger partial charge in [-0.05, 0) is 37.5 Å². The van der Waals surface area contributed by atoms with Gasteiger partial charge in [0, 0.05) is 38.6 Å². The van der Waals surface area contributed by atoms with Crippen LogP contribution in [0.15, 0.2) is 41.7 Å². The molecule has 1 heterocycles. The lowest BCUT2D eigenvalue weighted by atomic mass is 10.1. The van der Waals surface area contributed by atoms with Crippen molar-refractivity contribution in [3.8, 4) is 11.5 Å². The van der Waals surface area contributed by atoms with Crippen molar-refractivity contribution in [2.45, 2.75) is 26.3 Å². The van der Waals surface area contributed by atoms with Crippen LogP contribution < -0.4 is 15.4 Å². The maximum Gasteiger partial charge on any atom is 0.191 e. The molecule has 1 aromatic heterocycles. The van der Waals surface area contributed by atoms with E-state index in [0.717, 1.165) is 37.6 Å². The third-order valence-electron chi connectivity index (χ3n) is 3.71. The van der Waals surface area contributed by atoms with Gasteiger partial charge >= 0.3 is 0 Å². The van der Waals surface area contributed by atoms with Crippen LogP contribution in [0.25, 0.3) is 0 Å². The Hall–Kier alpha value is -2.70. The standard InChI is InChI=1S/C18H27N5O2/c1-3-19-18(20-10-5-13-23-14-6-11-22-23)21-12-9-15-7-4-8-16(25-2)17(15)24/h4,6-8,11,14,24H,3,5,9-10,12-13H2,1-2H3,(H2,19,20,21). The van der Waals surface area contributed by atoms with Crippen molar-refractivity contribution in [3.05, 3.63) is 42.2 Å². The molecule has 25 heavy (non-hydrogen) atoms. The minimum atomic E-state index is 0.202. The van der Waals surface area contributed by atoms with E-state index in [1.807, 2.05) is 36.0 Å². The Bertz CT molecular complexity index is 655. The lowest BCUT2D eigenvalue weighted by Crippen LogP contribution is -2.38. The summed E-state index contributed by atoms with van der Waals surface area (Å²) in [4.78, 5) is 4.57. The van der Waals surface area contributed by atoms with Crippen LogP contribution in [-0.2, 0) is 13.0 Å². The van der Waals surface area contributed by atoms with E-state index in [-0.39, 0.29) is 5.75 Å². The molecular formula is C18H27N5O2. The van der Waals surface area contributed by atoms with Gasteiger partial charge in [-0.1, -0.05) is 12.1 Å². The van der Waals surface area contributed by atoms with Crippen molar-refractivity contribution < 1.29 is 9.84 Å². The predicted octanol–water partition coefficient (Wildman–Crippen LogP) is 1.79. The highest BCUT2D eigenvalue weighted by molar-refractivity contribution is 5.79. The predicted molar refractivity (Wildman–Crippen MR) is 99.2 cm³/mol. The number of phenols is 1. The van der Waals surface area contributed by atoms with E-state index in [2.05, 4.69) is 20.7 Å². The molecule has 0 aliphatic heterocycles. The summed E-state index contributed by atoms with van der Waals surface area (Å²) in [6.07, 6.45) is 5.34. The van der Waals surface area contributed by atoms with Gasteiger partial charge in [-0.2, -0.15) is 5.10 Å². The number of benzene rings is 1. The van der Waals surface area contributed by atoms with E-state index in [4.69, 9.17) is 4.74 Å². The number of ether oxygens (including phenoxy) is 1. The first kappa shape index (κ1) is 18.6. The van der Waals surface area contributed by atoms with Crippen molar-refractivity contribution in [2.24, 2.45) is 4.99 Å². The number of rotatable bonds is 9. The summed E-state index contributed by atoms with van der Waals surface area (Å²) < 4.78 is 7.04. The van der Waals surface area contributed by atoms with Crippen LogP contribution in [0.1, 0.15) is 18.9 Å². The van der Waals surface area contributed by atoms with Gasteiger partial charge in [-0.3, -0.25) is 9.67 Å². The minimum absolute atomic E-state index is 0.202. The number of nitrogens with one attached hydrogen (secondary N) is 2. The Balaban J connectivity index is 1.79. The molecule has 0 fully saturated rings. The van der Waals surface area contributed by atoms with Crippen LogP contribution in [0.3, 0.4) is 0 Å². The molecule has 2 aromatic rings. The zero-order chi connectivity index (χ0) is 17.9. The Morgan fingerprint density at radius 2 is 2.20 bits per heavy atom. The van der Waals surface area contributed by atoms with Crippen molar-refractivity contribution in [2.75, 3.05) is 26.7 Å². The summed E-state index contributed by atoms with van der Waals surface area (Å²) in [5.74, 6) is 1.48. The normalized spacial score (nSPS) is 11.4. The van der Waals surface area contributed by atoms with Crippen LogP contribution in [0.2, 0.25) is 0 Å². The number of phenolic OH excluding ortho intramolecular Hbond substituents is 1. The van der Waals surface area contributed by atoms with E-state index in [1.165, 1.54) is 0 Å². The number of hydrogen-bond donors (Lipinski definition) is 3. The molecule has 7 nitrogen and oxygen atoms in total. The molecule has 0 saturated heterocycles. The van der Waals surface area contributed by atoms with Gasteiger partial charge in [-0.15, -0.1) is 0 Å². The summed E-state index contributed by atoms with van der Waals surface area (Å²) in [6, 6.07) is 7.44. The van der Waals surface area contributed by atoms with Gasteiger partial charge < -0.3 is 20.5 Å². The molecule has 0 aliphatic rings. The van der Waals surface area contributed by atoms with Crippen molar-refractivity contribution >= 4 is 5.96 Å². The highest BCUT2D eigenvalue weighted by Gasteiger charge is 2.07. The highest BCUT2D eigenvalue weighted by atomic mass is 16.5. The molecule has 7 heteroatoms. The van der Waals surface area contributed by atoms with Crippen LogP contribution in [0.5, 0.6) is 11.5 Å². The van der Waals surface area contributed by atoms with Crippen molar-refractivity contribution in [1.82, 2.24) is 20.4 Å². The second-order valence-electron chi connectivity index (χ2n) is 5.53. The summed E-state index contributed by atoms with van der Waals surface area (Å²) >= 11 is 0. The number of aromatic nitrogens is 2. The van der Waals surface area contributed by atoms with Crippen LogP contribution >= 0.6 is 0 Å². The Kier molecular flexibility index (Phi) is 7.62.